The first-order valence-electron chi connectivity index (χ1n) is 9.25. The van der Waals surface area contributed by atoms with E-state index in [1.165, 1.54) is 6.42 Å². The van der Waals surface area contributed by atoms with Crippen LogP contribution in [0.1, 0.15) is 43.7 Å². The van der Waals surface area contributed by atoms with Crippen molar-refractivity contribution in [2.45, 2.75) is 56.8 Å². The number of nitrogens with zero attached hydrogens (tertiary/aromatic N) is 4. The van der Waals surface area contributed by atoms with Gasteiger partial charge in [0, 0.05) is 12.1 Å². The molecule has 2 aliphatic rings. The van der Waals surface area contributed by atoms with Crippen LogP contribution in [0.2, 0.25) is 0 Å². The second kappa shape index (κ2) is 7.35. The van der Waals surface area contributed by atoms with Gasteiger partial charge in [-0.05, 0) is 37.8 Å². The lowest BCUT2D eigenvalue weighted by Gasteiger charge is -2.40. The fraction of sp³-hybridized carbons (Fsp3) is 0.526. The number of aromatic nitrogens is 3. The van der Waals surface area contributed by atoms with Crippen LogP contribution in [0.25, 0.3) is 0 Å². The zero-order chi connectivity index (χ0) is 17.1. The van der Waals surface area contributed by atoms with E-state index in [-0.39, 0.29) is 11.9 Å². The maximum absolute atomic E-state index is 13.1. The van der Waals surface area contributed by atoms with E-state index >= 15 is 0 Å². The predicted molar refractivity (Wildman–Crippen MR) is 94.7 cm³/mol. The largest absolute Gasteiger partial charge is 0.352 e. The zero-order valence-electron chi connectivity index (χ0n) is 14.4. The summed E-state index contributed by atoms with van der Waals surface area (Å²) in [5.74, 6) is 0.138. The highest BCUT2D eigenvalue weighted by Gasteiger charge is 2.36. The fourth-order valence-corrected chi connectivity index (χ4v) is 3.74. The molecule has 2 heterocycles. The van der Waals surface area contributed by atoms with Gasteiger partial charge in [-0.2, -0.15) is 5.10 Å². The Kier molecular flexibility index (Phi) is 4.78. The molecular formula is C19H25N5O. The Labute approximate surface area is 148 Å². The molecule has 1 amide bonds. The summed E-state index contributed by atoms with van der Waals surface area (Å²) in [4.78, 5) is 19.5. The molecular weight excluding hydrogens is 314 g/mol. The Morgan fingerprint density at radius 2 is 2.04 bits per heavy atom. The van der Waals surface area contributed by atoms with E-state index in [4.69, 9.17) is 0 Å². The molecule has 132 valence electrons. The number of carbonyl (C=O) groups is 1. The van der Waals surface area contributed by atoms with E-state index in [1.54, 1.807) is 12.7 Å². The van der Waals surface area contributed by atoms with Crippen LogP contribution in [0.3, 0.4) is 0 Å². The van der Waals surface area contributed by atoms with Crippen LogP contribution >= 0.6 is 0 Å². The summed E-state index contributed by atoms with van der Waals surface area (Å²) < 4.78 is 1.88. The number of benzene rings is 1. The number of hydrogen-bond acceptors (Lipinski definition) is 4. The summed E-state index contributed by atoms with van der Waals surface area (Å²) in [5.41, 5.74) is 1.08. The minimum Gasteiger partial charge on any atom is -0.352 e. The van der Waals surface area contributed by atoms with Crippen molar-refractivity contribution < 1.29 is 4.79 Å². The standard InChI is InChI=1S/C19H25N5O/c25-19(22-16-9-10-16)18(15-6-2-1-3-7-15)24-11-5-4-8-17(24)12-23-14-20-13-21-23/h1-3,6-7,13-14,16-18H,4-5,8-12H2,(H,22,25)/t17-,18+/m1/s1. The number of piperidine rings is 1. The Hall–Kier alpha value is -2.21. The van der Waals surface area contributed by atoms with Crippen LogP contribution in [0, 0.1) is 0 Å². The number of amides is 1. The molecule has 1 aromatic heterocycles. The topological polar surface area (TPSA) is 63.1 Å². The first-order chi connectivity index (χ1) is 12.3. The SMILES string of the molecule is O=C(NC1CC1)[C@H](c1ccccc1)N1CCCC[C@@H]1Cn1cncn1. The van der Waals surface area contributed by atoms with Gasteiger partial charge in [0.25, 0.3) is 0 Å². The van der Waals surface area contributed by atoms with Crippen molar-refractivity contribution in [3.05, 3.63) is 48.5 Å². The highest BCUT2D eigenvalue weighted by Crippen LogP contribution is 2.31. The Bertz CT molecular complexity index is 683. The second-order valence-electron chi connectivity index (χ2n) is 7.10. The predicted octanol–water partition coefficient (Wildman–Crippen LogP) is 2.15. The maximum Gasteiger partial charge on any atom is 0.242 e. The Balaban J connectivity index is 1.59. The molecule has 6 nitrogen and oxygen atoms in total. The lowest BCUT2D eigenvalue weighted by atomic mass is 9.95. The molecule has 2 atom stereocenters. The minimum absolute atomic E-state index is 0.138. The summed E-state index contributed by atoms with van der Waals surface area (Å²) in [6.45, 7) is 1.72. The van der Waals surface area contributed by atoms with Crippen molar-refractivity contribution in [2.24, 2.45) is 0 Å². The molecule has 0 bridgehead atoms. The van der Waals surface area contributed by atoms with Crippen molar-refractivity contribution in [3.8, 4) is 0 Å². The van der Waals surface area contributed by atoms with E-state index in [0.717, 1.165) is 44.3 Å². The molecule has 1 aromatic carbocycles. The van der Waals surface area contributed by atoms with Crippen LogP contribution in [-0.4, -0.2) is 44.2 Å². The maximum atomic E-state index is 13.1. The Morgan fingerprint density at radius 1 is 1.20 bits per heavy atom. The molecule has 0 unspecified atom stereocenters. The second-order valence-corrected chi connectivity index (χ2v) is 7.10. The summed E-state index contributed by atoms with van der Waals surface area (Å²) in [6, 6.07) is 10.6. The molecule has 25 heavy (non-hydrogen) atoms. The van der Waals surface area contributed by atoms with Gasteiger partial charge in [-0.3, -0.25) is 14.4 Å². The van der Waals surface area contributed by atoms with E-state index in [2.05, 4.69) is 32.4 Å². The molecule has 2 fully saturated rings. The van der Waals surface area contributed by atoms with Crippen molar-refractivity contribution in [3.63, 3.8) is 0 Å². The molecule has 0 radical (unpaired) electrons. The first kappa shape index (κ1) is 16.3. The van der Waals surface area contributed by atoms with Gasteiger partial charge >= 0.3 is 0 Å². The smallest absolute Gasteiger partial charge is 0.242 e. The number of likely N-dealkylation sites (tertiary alicyclic amines) is 1. The van der Waals surface area contributed by atoms with Gasteiger partial charge in [0.05, 0.1) is 6.54 Å². The third-order valence-corrected chi connectivity index (χ3v) is 5.16. The van der Waals surface area contributed by atoms with Crippen LogP contribution in [0.4, 0.5) is 0 Å². The van der Waals surface area contributed by atoms with Gasteiger partial charge in [-0.25, -0.2) is 4.98 Å². The van der Waals surface area contributed by atoms with E-state index in [9.17, 15) is 4.79 Å². The number of nitrogens with one attached hydrogen (secondary N) is 1. The molecule has 4 rings (SSSR count). The molecule has 1 saturated heterocycles. The van der Waals surface area contributed by atoms with Gasteiger partial charge in [0.15, 0.2) is 0 Å². The van der Waals surface area contributed by atoms with Crippen LogP contribution < -0.4 is 5.32 Å². The van der Waals surface area contributed by atoms with Crippen molar-refractivity contribution in [2.75, 3.05) is 6.54 Å². The molecule has 1 aliphatic heterocycles. The van der Waals surface area contributed by atoms with E-state index in [0.29, 0.717) is 12.1 Å². The lowest BCUT2D eigenvalue weighted by molar-refractivity contribution is -0.128. The monoisotopic (exact) mass is 339 g/mol. The molecule has 0 spiro atoms. The Morgan fingerprint density at radius 3 is 2.76 bits per heavy atom. The summed E-state index contributed by atoms with van der Waals surface area (Å²) >= 11 is 0. The van der Waals surface area contributed by atoms with Gasteiger partial charge in [0.2, 0.25) is 5.91 Å². The highest BCUT2D eigenvalue weighted by molar-refractivity contribution is 5.83. The average Bonchev–Trinajstić information content (AvgIpc) is 3.30. The molecule has 1 saturated carbocycles. The normalized spacial score (nSPS) is 22.5. The lowest BCUT2D eigenvalue weighted by Crippen LogP contribution is -2.49. The number of rotatable bonds is 6. The van der Waals surface area contributed by atoms with E-state index in [1.807, 2.05) is 22.9 Å². The van der Waals surface area contributed by atoms with Crippen molar-refractivity contribution in [1.82, 2.24) is 25.0 Å². The van der Waals surface area contributed by atoms with Gasteiger partial charge in [0.1, 0.15) is 18.7 Å². The van der Waals surface area contributed by atoms with Crippen molar-refractivity contribution >= 4 is 5.91 Å². The van der Waals surface area contributed by atoms with E-state index < -0.39 is 0 Å². The summed E-state index contributed by atoms with van der Waals surface area (Å²) in [5, 5.41) is 7.47. The van der Waals surface area contributed by atoms with Crippen LogP contribution in [0.5, 0.6) is 0 Å². The summed E-state index contributed by atoms with van der Waals surface area (Å²) in [7, 11) is 0. The first-order valence-corrected chi connectivity index (χ1v) is 9.25. The highest BCUT2D eigenvalue weighted by atomic mass is 16.2. The number of carbonyl (C=O) groups excluding carboxylic acids is 1. The van der Waals surface area contributed by atoms with Crippen LogP contribution in [-0.2, 0) is 11.3 Å². The summed E-state index contributed by atoms with van der Waals surface area (Å²) in [6.07, 6.45) is 8.96. The third-order valence-electron chi connectivity index (χ3n) is 5.16. The molecule has 6 heteroatoms. The third kappa shape index (κ3) is 3.90. The average molecular weight is 339 g/mol. The van der Waals surface area contributed by atoms with Crippen LogP contribution in [0.15, 0.2) is 43.0 Å². The van der Waals surface area contributed by atoms with Gasteiger partial charge in [-0.1, -0.05) is 36.8 Å². The zero-order valence-corrected chi connectivity index (χ0v) is 14.4. The molecule has 2 aromatic rings. The minimum atomic E-state index is -0.226. The fourth-order valence-electron chi connectivity index (χ4n) is 3.74. The van der Waals surface area contributed by atoms with Crippen molar-refractivity contribution in [1.29, 1.82) is 0 Å². The van der Waals surface area contributed by atoms with Gasteiger partial charge in [-0.15, -0.1) is 0 Å². The molecule has 1 N–H and O–H groups in total. The quantitative estimate of drug-likeness (QED) is 0.876. The molecule has 1 aliphatic carbocycles. The number of hydrogen-bond donors (Lipinski definition) is 1. The van der Waals surface area contributed by atoms with Gasteiger partial charge < -0.3 is 5.32 Å².